The maximum absolute atomic E-state index is 13.8. The van der Waals surface area contributed by atoms with Crippen molar-refractivity contribution in [3.8, 4) is 0 Å². The molecule has 0 bridgehead atoms. The molecule has 1 N–H and O–H groups in total. The van der Waals surface area contributed by atoms with E-state index in [-0.39, 0.29) is 5.57 Å². The van der Waals surface area contributed by atoms with Gasteiger partial charge in [-0.25, -0.2) is 9.37 Å². The molecule has 0 radical (unpaired) electrons. The number of thiazole rings is 1. The maximum Gasteiger partial charge on any atom is 0.290 e. The Kier molecular flexibility index (Phi) is 5.45. The molecule has 1 amide bonds. The van der Waals surface area contributed by atoms with Gasteiger partial charge in [0.15, 0.2) is 10.7 Å². The van der Waals surface area contributed by atoms with Crippen molar-refractivity contribution < 1.29 is 19.1 Å². The zero-order valence-electron chi connectivity index (χ0n) is 18.9. The first kappa shape index (κ1) is 22.2. The monoisotopic (exact) mass is 478 g/mol. The molecule has 174 valence electrons. The lowest BCUT2D eigenvalue weighted by atomic mass is 9.95. The number of hydrogen-bond donors (Lipinski definition) is 1. The van der Waals surface area contributed by atoms with Gasteiger partial charge in [0.1, 0.15) is 5.82 Å². The van der Waals surface area contributed by atoms with Crippen LogP contribution in [0.2, 0.25) is 0 Å². The SMILES string of the molecule is Cc1c(C(=O)C2=C(O)C(=O)N(CCN(C)C)C2c2ccc(F)cc2)sc2nc3ccccc3n12. The van der Waals surface area contributed by atoms with E-state index in [1.54, 1.807) is 12.1 Å². The summed E-state index contributed by atoms with van der Waals surface area (Å²) in [6, 6.07) is 12.5. The maximum atomic E-state index is 13.8. The van der Waals surface area contributed by atoms with Crippen LogP contribution in [0.1, 0.15) is 27.0 Å². The lowest BCUT2D eigenvalue weighted by Crippen LogP contribution is -2.36. The molecule has 2 aromatic carbocycles. The molecule has 0 saturated heterocycles. The number of carbonyl (C=O) groups is 2. The van der Waals surface area contributed by atoms with E-state index in [1.807, 2.05) is 54.6 Å². The fourth-order valence-corrected chi connectivity index (χ4v) is 5.51. The first-order valence-corrected chi connectivity index (χ1v) is 11.6. The second-order valence-corrected chi connectivity index (χ2v) is 9.56. The highest BCUT2D eigenvalue weighted by atomic mass is 32.1. The van der Waals surface area contributed by atoms with Crippen LogP contribution < -0.4 is 0 Å². The number of Topliss-reactive ketones (excluding diaryl/α,β-unsaturated/α-hetero) is 1. The molecule has 0 spiro atoms. The summed E-state index contributed by atoms with van der Waals surface area (Å²) in [4.78, 5) is 36.0. The number of aliphatic hydroxyl groups is 1. The van der Waals surface area contributed by atoms with Gasteiger partial charge in [0.25, 0.3) is 5.91 Å². The lowest BCUT2D eigenvalue weighted by Gasteiger charge is -2.28. The van der Waals surface area contributed by atoms with Crippen LogP contribution in [0.5, 0.6) is 0 Å². The number of amides is 1. The highest BCUT2D eigenvalue weighted by Gasteiger charge is 2.44. The number of fused-ring (bicyclic) bond motifs is 3. The van der Waals surface area contributed by atoms with Gasteiger partial charge in [0, 0.05) is 18.8 Å². The number of benzene rings is 2. The number of imidazole rings is 1. The molecule has 1 unspecified atom stereocenters. The molecular weight excluding hydrogens is 455 g/mol. The van der Waals surface area contributed by atoms with Crippen molar-refractivity contribution in [2.75, 3.05) is 27.2 Å². The average Bonchev–Trinajstić information content (AvgIpc) is 3.42. The highest BCUT2D eigenvalue weighted by Crippen LogP contribution is 2.40. The number of hydrogen-bond acceptors (Lipinski definition) is 6. The molecule has 5 rings (SSSR count). The predicted molar refractivity (Wildman–Crippen MR) is 129 cm³/mol. The second-order valence-electron chi connectivity index (χ2n) is 8.58. The average molecular weight is 479 g/mol. The van der Waals surface area contributed by atoms with E-state index in [9.17, 15) is 19.1 Å². The van der Waals surface area contributed by atoms with Gasteiger partial charge in [-0.05, 0) is 50.8 Å². The summed E-state index contributed by atoms with van der Waals surface area (Å²) in [6.45, 7) is 2.66. The minimum absolute atomic E-state index is 0.00673. The van der Waals surface area contributed by atoms with Gasteiger partial charge in [0.05, 0.1) is 27.5 Å². The zero-order valence-corrected chi connectivity index (χ0v) is 19.8. The third-order valence-corrected chi connectivity index (χ3v) is 7.26. The first-order valence-electron chi connectivity index (χ1n) is 10.8. The number of halogens is 1. The molecule has 1 atom stereocenters. The molecule has 1 aliphatic rings. The Morgan fingerprint density at radius 2 is 1.88 bits per heavy atom. The molecule has 0 fully saturated rings. The summed E-state index contributed by atoms with van der Waals surface area (Å²) in [5, 5.41) is 10.9. The van der Waals surface area contributed by atoms with Gasteiger partial charge in [-0.1, -0.05) is 35.6 Å². The normalized spacial score (nSPS) is 16.6. The van der Waals surface area contributed by atoms with Crippen molar-refractivity contribution in [2.45, 2.75) is 13.0 Å². The van der Waals surface area contributed by atoms with Crippen molar-refractivity contribution >= 4 is 39.0 Å². The Hall–Kier alpha value is -3.56. The standard InChI is InChI=1S/C25H23FN4O3S/c1-14-23(34-25-27-17-6-4-5-7-18(17)30(14)25)21(31)19-20(15-8-10-16(26)11-9-15)29(13-12-28(2)3)24(33)22(19)32/h4-11,20,32H,12-13H2,1-3H3. The molecular formula is C25H23FN4O3S. The number of likely N-dealkylation sites (N-methyl/N-ethyl adjacent to an activating group) is 1. The van der Waals surface area contributed by atoms with Crippen LogP contribution in [-0.2, 0) is 4.79 Å². The largest absolute Gasteiger partial charge is 0.503 e. The summed E-state index contributed by atoms with van der Waals surface area (Å²) in [5.74, 6) is -2.02. The summed E-state index contributed by atoms with van der Waals surface area (Å²) in [7, 11) is 3.75. The van der Waals surface area contributed by atoms with Crippen LogP contribution in [0.4, 0.5) is 4.39 Å². The van der Waals surface area contributed by atoms with Crippen LogP contribution in [0.25, 0.3) is 16.0 Å². The third kappa shape index (κ3) is 3.48. The van der Waals surface area contributed by atoms with Crippen LogP contribution in [0, 0.1) is 12.7 Å². The molecule has 7 nitrogen and oxygen atoms in total. The predicted octanol–water partition coefficient (Wildman–Crippen LogP) is 4.14. The van der Waals surface area contributed by atoms with E-state index in [4.69, 9.17) is 0 Å². The summed E-state index contributed by atoms with van der Waals surface area (Å²) >= 11 is 1.23. The summed E-state index contributed by atoms with van der Waals surface area (Å²) in [6.07, 6.45) is 0. The van der Waals surface area contributed by atoms with Gasteiger partial charge in [0.2, 0.25) is 5.78 Å². The number of aromatic nitrogens is 2. The molecule has 0 saturated carbocycles. The fraction of sp³-hybridized carbons (Fsp3) is 0.240. The third-order valence-electron chi connectivity index (χ3n) is 6.12. The van der Waals surface area contributed by atoms with Gasteiger partial charge in [-0.2, -0.15) is 0 Å². The number of ketones is 1. The van der Waals surface area contributed by atoms with E-state index in [1.165, 1.54) is 28.4 Å². The fourth-order valence-electron chi connectivity index (χ4n) is 4.41. The smallest absolute Gasteiger partial charge is 0.290 e. The zero-order chi connectivity index (χ0) is 24.1. The molecule has 4 aromatic rings. The Morgan fingerprint density at radius 1 is 1.18 bits per heavy atom. The second kappa shape index (κ2) is 8.34. The van der Waals surface area contributed by atoms with E-state index in [2.05, 4.69) is 4.98 Å². The number of para-hydroxylation sites is 2. The van der Waals surface area contributed by atoms with Gasteiger partial charge >= 0.3 is 0 Å². The molecule has 0 aliphatic carbocycles. The lowest BCUT2D eigenvalue weighted by molar-refractivity contribution is -0.129. The number of carbonyl (C=O) groups excluding carboxylic acids is 2. The van der Waals surface area contributed by atoms with Crippen LogP contribution in [0.3, 0.4) is 0 Å². The minimum atomic E-state index is -0.814. The van der Waals surface area contributed by atoms with Crippen molar-refractivity contribution in [1.29, 1.82) is 0 Å². The number of nitrogens with zero attached hydrogens (tertiary/aromatic N) is 4. The van der Waals surface area contributed by atoms with Crippen molar-refractivity contribution in [1.82, 2.24) is 19.2 Å². The minimum Gasteiger partial charge on any atom is -0.503 e. The Balaban J connectivity index is 1.62. The number of rotatable bonds is 6. The molecule has 9 heteroatoms. The van der Waals surface area contributed by atoms with Crippen LogP contribution >= 0.6 is 11.3 Å². The van der Waals surface area contributed by atoms with Crippen molar-refractivity contribution in [2.24, 2.45) is 0 Å². The Labute approximate surface area is 199 Å². The van der Waals surface area contributed by atoms with Gasteiger partial charge in [-0.15, -0.1) is 0 Å². The van der Waals surface area contributed by atoms with Crippen LogP contribution in [-0.4, -0.2) is 63.2 Å². The molecule has 1 aliphatic heterocycles. The van der Waals surface area contributed by atoms with Crippen molar-refractivity contribution in [3.05, 3.63) is 81.8 Å². The summed E-state index contributed by atoms with van der Waals surface area (Å²) < 4.78 is 15.6. The quantitative estimate of drug-likeness (QED) is 0.422. The van der Waals surface area contributed by atoms with Gasteiger partial charge in [-0.3, -0.25) is 14.0 Å². The van der Waals surface area contributed by atoms with E-state index < -0.39 is 29.3 Å². The number of aliphatic hydroxyl groups excluding tert-OH is 1. The summed E-state index contributed by atoms with van der Waals surface area (Å²) in [5.41, 5.74) is 2.97. The van der Waals surface area contributed by atoms with E-state index >= 15 is 0 Å². The molecule has 2 aromatic heterocycles. The molecule has 34 heavy (non-hydrogen) atoms. The van der Waals surface area contributed by atoms with E-state index in [0.29, 0.717) is 34.2 Å². The van der Waals surface area contributed by atoms with Crippen molar-refractivity contribution in [3.63, 3.8) is 0 Å². The Morgan fingerprint density at radius 3 is 2.59 bits per heavy atom. The van der Waals surface area contributed by atoms with Gasteiger partial charge < -0.3 is 14.9 Å². The highest BCUT2D eigenvalue weighted by molar-refractivity contribution is 7.19. The van der Waals surface area contributed by atoms with E-state index in [0.717, 1.165) is 11.0 Å². The first-order chi connectivity index (χ1) is 16.3. The topological polar surface area (TPSA) is 78.2 Å². The molecule has 3 heterocycles. The van der Waals surface area contributed by atoms with Crippen LogP contribution in [0.15, 0.2) is 59.9 Å². The number of aryl methyl sites for hydroxylation is 1. The Bertz CT molecular complexity index is 1470.